The molecule has 1 saturated heterocycles. The molecule has 3 rings (SSSR count). The third-order valence-corrected chi connectivity index (χ3v) is 5.47. The first kappa shape index (κ1) is 18.5. The Morgan fingerprint density at radius 3 is 2.60 bits per heavy atom. The Morgan fingerprint density at radius 1 is 1.08 bits per heavy atom. The molecule has 0 spiro atoms. The van der Waals surface area contributed by atoms with Crippen LogP contribution in [0.3, 0.4) is 0 Å². The van der Waals surface area contributed by atoms with E-state index in [0.717, 1.165) is 37.3 Å². The van der Waals surface area contributed by atoms with E-state index < -0.39 is 6.17 Å². The number of nitrogens with zero attached hydrogens (tertiary/aromatic N) is 1. The lowest BCUT2D eigenvalue weighted by Gasteiger charge is -2.37. The summed E-state index contributed by atoms with van der Waals surface area (Å²) < 4.78 is 30.4. The van der Waals surface area contributed by atoms with E-state index >= 15 is 0 Å². The predicted octanol–water partition coefficient (Wildman–Crippen LogP) is 3.62. The molecule has 0 bridgehead atoms. The smallest absolute Gasteiger partial charge is 0.160 e. The summed E-state index contributed by atoms with van der Waals surface area (Å²) in [6, 6.07) is 6.38. The Kier molecular flexibility index (Phi) is 6.54. The van der Waals surface area contributed by atoms with Crippen LogP contribution in [0.15, 0.2) is 18.2 Å². The molecule has 1 saturated carbocycles. The lowest BCUT2D eigenvalue weighted by Crippen LogP contribution is -2.46. The van der Waals surface area contributed by atoms with Crippen molar-refractivity contribution in [3.05, 3.63) is 23.8 Å². The minimum absolute atomic E-state index is 0.235. The molecule has 0 amide bonds. The molecule has 0 N–H and O–H groups in total. The topological polar surface area (TPSA) is 30.9 Å². The van der Waals surface area contributed by atoms with Crippen LogP contribution >= 0.6 is 0 Å². The molecule has 1 unspecified atom stereocenters. The number of benzene rings is 1. The molecule has 1 aromatic rings. The molecule has 25 heavy (non-hydrogen) atoms. The number of likely N-dealkylation sites (tertiary alicyclic amines) is 1. The van der Waals surface area contributed by atoms with Gasteiger partial charge in [0.2, 0.25) is 0 Å². The van der Waals surface area contributed by atoms with Gasteiger partial charge < -0.3 is 14.2 Å². The van der Waals surface area contributed by atoms with Crippen LogP contribution in [0.1, 0.15) is 37.7 Å². The molecule has 3 atom stereocenters. The van der Waals surface area contributed by atoms with E-state index in [1.807, 2.05) is 12.1 Å². The average Bonchev–Trinajstić information content (AvgIpc) is 3.08. The second-order valence-corrected chi connectivity index (χ2v) is 7.08. The van der Waals surface area contributed by atoms with E-state index in [1.165, 1.54) is 18.4 Å². The Labute approximate surface area is 150 Å². The molecule has 0 aromatic heterocycles. The number of halogens is 1. The van der Waals surface area contributed by atoms with Gasteiger partial charge in [0.15, 0.2) is 11.5 Å². The Balaban J connectivity index is 1.53. The first-order valence-electron chi connectivity index (χ1n) is 9.42. The van der Waals surface area contributed by atoms with Gasteiger partial charge in [-0.3, -0.25) is 4.90 Å². The van der Waals surface area contributed by atoms with Gasteiger partial charge in [-0.25, -0.2) is 4.39 Å². The Hall–Kier alpha value is -1.33. The van der Waals surface area contributed by atoms with E-state index in [1.54, 1.807) is 14.2 Å². The molecule has 1 aliphatic heterocycles. The number of hydrogen-bond acceptors (Lipinski definition) is 4. The van der Waals surface area contributed by atoms with Crippen LogP contribution in [0.25, 0.3) is 0 Å². The highest BCUT2D eigenvalue weighted by Crippen LogP contribution is 2.30. The van der Waals surface area contributed by atoms with Gasteiger partial charge in [-0.2, -0.15) is 0 Å². The maximum Gasteiger partial charge on any atom is 0.160 e. The lowest BCUT2D eigenvalue weighted by molar-refractivity contribution is -0.0303. The first-order chi connectivity index (χ1) is 12.2. The van der Waals surface area contributed by atoms with Crippen molar-refractivity contribution in [1.82, 2.24) is 4.90 Å². The van der Waals surface area contributed by atoms with Gasteiger partial charge in [0, 0.05) is 19.1 Å². The summed E-state index contributed by atoms with van der Waals surface area (Å²) in [4.78, 5) is 2.31. The van der Waals surface area contributed by atoms with Crippen LogP contribution in [0.4, 0.5) is 4.39 Å². The van der Waals surface area contributed by atoms with Crippen LogP contribution in [-0.2, 0) is 11.2 Å². The maximum atomic E-state index is 13.6. The molecular weight excluding hydrogens is 321 g/mol. The van der Waals surface area contributed by atoms with Crippen molar-refractivity contribution in [1.29, 1.82) is 0 Å². The quantitative estimate of drug-likeness (QED) is 0.751. The number of ether oxygens (including phenoxy) is 3. The summed E-state index contributed by atoms with van der Waals surface area (Å²) in [6.45, 7) is 2.14. The molecule has 1 aromatic carbocycles. The summed E-state index contributed by atoms with van der Waals surface area (Å²) in [5, 5.41) is 0. The van der Waals surface area contributed by atoms with Crippen LogP contribution < -0.4 is 9.47 Å². The zero-order valence-electron chi connectivity index (χ0n) is 15.4. The predicted molar refractivity (Wildman–Crippen MR) is 96.3 cm³/mol. The zero-order valence-corrected chi connectivity index (χ0v) is 15.4. The van der Waals surface area contributed by atoms with Crippen LogP contribution in [-0.4, -0.2) is 57.1 Å². The minimum atomic E-state index is -0.658. The fourth-order valence-electron chi connectivity index (χ4n) is 4.10. The SMILES string of the molecule is COc1ccc(CCO[C@H]2CCCC[C@@H]2N2CCC(F)C2)cc1OC. The van der Waals surface area contributed by atoms with Gasteiger partial charge in [-0.1, -0.05) is 18.9 Å². The van der Waals surface area contributed by atoms with Crippen molar-refractivity contribution in [3.63, 3.8) is 0 Å². The van der Waals surface area contributed by atoms with Gasteiger partial charge in [-0.05, 0) is 43.4 Å². The zero-order chi connectivity index (χ0) is 17.6. The van der Waals surface area contributed by atoms with E-state index in [4.69, 9.17) is 14.2 Å². The number of alkyl halides is 1. The lowest BCUT2D eigenvalue weighted by atomic mass is 9.91. The largest absolute Gasteiger partial charge is 0.493 e. The summed E-state index contributed by atoms with van der Waals surface area (Å²) in [5.74, 6) is 1.50. The van der Waals surface area contributed by atoms with Crippen molar-refractivity contribution in [2.24, 2.45) is 0 Å². The van der Waals surface area contributed by atoms with Crippen LogP contribution in [0, 0.1) is 0 Å². The van der Waals surface area contributed by atoms with Crippen molar-refractivity contribution in [3.8, 4) is 11.5 Å². The number of hydrogen-bond donors (Lipinski definition) is 0. The summed E-state index contributed by atoms with van der Waals surface area (Å²) in [6.07, 6.45) is 5.76. The highest BCUT2D eigenvalue weighted by molar-refractivity contribution is 5.42. The second-order valence-electron chi connectivity index (χ2n) is 7.08. The summed E-state index contributed by atoms with van der Waals surface area (Å²) >= 11 is 0. The average molecular weight is 351 g/mol. The fourth-order valence-corrected chi connectivity index (χ4v) is 4.10. The monoisotopic (exact) mass is 351 g/mol. The molecule has 1 aliphatic carbocycles. The third kappa shape index (κ3) is 4.64. The highest BCUT2D eigenvalue weighted by atomic mass is 19.1. The molecule has 5 heteroatoms. The molecule has 2 fully saturated rings. The van der Waals surface area contributed by atoms with E-state index in [0.29, 0.717) is 25.6 Å². The van der Waals surface area contributed by atoms with Crippen molar-refractivity contribution >= 4 is 0 Å². The van der Waals surface area contributed by atoms with Crippen molar-refractivity contribution < 1.29 is 18.6 Å². The summed E-state index contributed by atoms with van der Waals surface area (Å²) in [5.41, 5.74) is 1.18. The van der Waals surface area contributed by atoms with Gasteiger partial charge in [0.05, 0.1) is 26.9 Å². The van der Waals surface area contributed by atoms with Crippen molar-refractivity contribution in [2.75, 3.05) is 33.9 Å². The van der Waals surface area contributed by atoms with E-state index in [9.17, 15) is 4.39 Å². The molecule has 0 radical (unpaired) electrons. The van der Waals surface area contributed by atoms with Gasteiger partial charge in [0.1, 0.15) is 6.17 Å². The Bertz CT molecular complexity index is 554. The fraction of sp³-hybridized carbons (Fsp3) is 0.700. The minimum Gasteiger partial charge on any atom is -0.493 e. The van der Waals surface area contributed by atoms with Gasteiger partial charge in [0.25, 0.3) is 0 Å². The number of rotatable bonds is 7. The molecule has 140 valence electrons. The molecular formula is C20H30FNO3. The van der Waals surface area contributed by atoms with Gasteiger partial charge >= 0.3 is 0 Å². The first-order valence-corrected chi connectivity index (χ1v) is 9.42. The third-order valence-electron chi connectivity index (χ3n) is 5.47. The van der Waals surface area contributed by atoms with Crippen molar-refractivity contribution in [2.45, 2.75) is 56.8 Å². The number of methoxy groups -OCH3 is 2. The van der Waals surface area contributed by atoms with E-state index in [-0.39, 0.29) is 6.10 Å². The molecule has 2 aliphatic rings. The molecule has 4 nitrogen and oxygen atoms in total. The van der Waals surface area contributed by atoms with E-state index in [2.05, 4.69) is 11.0 Å². The van der Waals surface area contributed by atoms with Crippen LogP contribution in [0.2, 0.25) is 0 Å². The standard InChI is InChI=1S/C20H30FNO3/c1-23-19-8-7-15(13-20(19)24-2)10-12-25-18-6-4-3-5-17(18)22-11-9-16(21)14-22/h7-8,13,16-18H,3-6,9-12,14H2,1-2H3/t16?,17-,18-/m0/s1. The highest BCUT2D eigenvalue weighted by Gasteiger charge is 2.35. The van der Waals surface area contributed by atoms with Gasteiger partial charge in [-0.15, -0.1) is 0 Å². The maximum absolute atomic E-state index is 13.6. The second kappa shape index (κ2) is 8.86. The Morgan fingerprint density at radius 2 is 1.88 bits per heavy atom. The van der Waals surface area contributed by atoms with Crippen LogP contribution in [0.5, 0.6) is 11.5 Å². The molecule has 1 heterocycles. The summed E-state index contributed by atoms with van der Waals surface area (Å²) in [7, 11) is 3.29. The normalized spacial score (nSPS) is 27.4.